The van der Waals surface area contributed by atoms with E-state index in [1.54, 1.807) is 12.1 Å². The molecule has 0 radical (unpaired) electrons. The van der Waals surface area contributed by atoms with Crippen LogP contribution in [0.5, 0.6) is 17.2 Å². The number of hydrogen-bond acceptors (Lipinski definition) is 18. The van der Waals surface area contributed by atoms with Gasteiger partial charge >= 0.3 is 5.97 Å². The molecule has 52 heavy (non-hydrogen) atoms. The molecule has 2 aromatic carbocycles. The van der Waals surface area contributed by atoms with Crippen molar-refractivity contribution in [2.75, 3.05) is 26.4 Å². The van der Waals surface area contributed by atoms with Crippen LogP contribution >= 0.6 is 0 Å². The monoisotopic (exact) mass is 740 g/mol. The Morgan fingerprint density at radius 1 is 0.865 bits per heavy atom. The molecule has 3 fully saturated rings. The number of phenols is 3. The summed E-state index contributed by atoms with van der Waals surface area (Å²) in [4.78, 5) is 13.0. The summed E-state index contributed by atoms with van der Waals surface area (Å²) in [7, 11) is 0. The number of rotatable bonds is 13. The third kappa shape index (κ3) is 9.00. The van der Waals surface area contributed by atoms with Gasteiger partial charge in [0.1, 0.15) is 54.1 Å². The maximum absolute atomic E-state index is 13.0. The summed E-state index contributed by atoms with van der Waals surface area (Å²) < 4.78 is 39.8. The molecule has 2 aromatic rings. The molecule has 288 valence electrons. The number of ether oxygens (including phenoxy) is 7. The Morgan fingerprint density at radius 3 is 2.21 bits per heavy atom. The maximum Gasteiger partial charge on any atom is 0.331 e. The highest BCUT2D eigenvalue weighted by atomic mass is 16.8. The summed E-state index contributed by atoms with van der Waals surface area (Å²) in [5.41, 5.74) is -0.974. The van der Waals surface area contributed by atoms with Crippen molar-refractivity contribution < 1.29 is 89.0 Å². The Labute approximate surface area is 297 Å². The van der Waals surface area contributed by atoms with Gasteiger partial charge in [-0.25, -0.2) is 4.79 Å². The largest absolute Gasteiger partial charge is 0.508 e. The van der Waals surface area contributed by atoms with Crippen LogP contribution in [-0.4, -0.2) is 163 Å². The second-order valence-corrected chi connectivity index (χ2v) is 12.8. The van der Waals surface area contributed by atoms with E-state index in [-0.39, 0.29) is 18.1 Å². The van der Waals surface area contributed by atoms with Crippen molar-refractivity contribution in [2.45, 2.75) is 92.8 Å². The van der Waals surface area contributed by atoms with Crippen molar-refractivity contribution in [1.29, 1.82) is 0 Å². The van der Waals surface area contributed by atoms with Gasteiger partial charge in [0.05, 0.1) is 32.5 Å². The maximum atomic E-state index is 13.0. The first-order valence-corrected chi connectivity index (χ1v) is 16.4. The molecule has 0 aliphatic carbocycles. The van der Waals surface area contributed by atoms with Crippen molar-refractivity contribution in [2.24, 2.45) is 0 Å². The number of hydrogen-bond donors (Lipinski definition) is 10. The van der Waals surface area contributed by atoms with Gasteiger partial charge in [-0.2, -0.15) is 0 Å². The van der Waals surface area contributed by atoms with Gasteiger partial charge in [-0.1, -0.05) is 18.2 Å². The van der Waals surface area contributed by atoms with Gasteiger partial charge in [0, 0.05) is 6.08 Å². The van der Waals surface area contributed by atoms with Crippen LogP contribution in [0.4, 0.5) is 0 Å². The average molecular weight is 741 g/mol. The van der Waals surface area contributed by atoms with Gasteiger partial charge in [0.2, 0.25) is 0 Å². The summed E-state index contributed by atoms with van der Waals surface area (Å²) in [5, 5.41) is 103. The molecule has 3 saturated heterocycles. The van der Waals surface area contributed by atoms with Crippen LogP contribution in [0.1, 0.15) is 18.1 Å². The molecule has 3 aliphatic rings. The molecule has 18 heteroatoms. The van der Waals surface area contributed by atoms with E-state index in [4.69, 9.17) is 33.2 Å². The SMILES string of the molecule is C[C@@H]1O[C@@H](O[C@@H]2[C@@H](O)[C@H](OCCc3ccc(O)cc3)O[C@H](CO)[C@H]2OC(=O)/C=C/c2ccc(O)c(O)c2)[C@H](O)[C@H](O[C@@H]2OC[C@](O)(CO)[C@H]2O)[C@H]1O. The van der Waals surface area contributed by atoms with E-state index in [1.165, 1.54) is 43.3 Å². The number of esters is 1. The second kappa shape index (κ2) is 17.1. The average Bonchev–Trinajstić information content (AvgIpc) is 3.41. The third-order valence-electron chi connectivity index (χ3n) is 9.01. The lowest BCUT2D eigenvalue weighted by Crippen LogP contribution is -2.65. The second-order valence-electron chi connectivity index (χ2n) is 12.8. The van der Waals surface area contributed by atoms with E-state index in [1.807, 2.05) is 0 Å². The first-order chi connectivity index (χ1) is 24.7. The van der Waals surface area contributed by atoms with Gasteiger partial charge in [-0.05, 0) is 54.8 Å². The zero-order chi connectivity index (χ0) is 37.7. The topological polar surface area (TPSA) is 284 Å². The van der Waals surface area contributed by atoms with Crippen LogP contribution in [0, 0.1) is 0 Å². The molecule has 0 saturated carbocycles. The molecule has 10 N–H and O–H groups in total. The number of phenolic OH excluding ortho intramolecular Hbond substituents is 3. The summed E-state index contributed by atoms with van der Waals surface area (Å²) in [6.07, 6.45) is -16.4. The zero-order valence-corrected chi connectivity index (χ0v) is 27.9. The minimum atomic E-state index is -2.07. The number of aromatic hydroxyl groups is 3. The van der Waals surface area contributed by atoms with Crippen molar-refractivity contribution >= 4 is 12.0 Å². The highest BCUT2D eigenvalue weighted by molar-refractivity contribution is 5.87. The van der Waals surface area contributed by atoms with Crippen molar-refractivity contribution in [1.82, 2.24) is 0 Å². The number of carbonyl (C=O) groups excluding carboxylic acids is 1. The van der Waals surface area contributed by atoms with Crippen LogP contribution in [0.3, 0.4) is 0 Å². The zero-order valence-electron chi connectivity index (χ0n) is 27.9. The molecule has 18 nitrogen and oxygen atoms in total. The van der Waals surface area contributed by atoms with Crippen LogP contribution < -0.4 is 0 Å². The molecule has 0 unspecified atom stereocenters. The lowest BCUT2D eigenvalue weighted by molar-refractivity contribution is -0.366. The van der Waals surface area contributed by atoms with Gasteiger partial charge in [-0.3, -0.25) is 0 Å². The van der Waals surface area contributed by atoms with E-state index < -0.39 is 111 Å². The van der Waals surface area contributed by atoms with Gasteiger partial charge < -0.3 is 84.2 Å². The Balaban J connectivity index is 1.36. The fourth-order valence-electron chi connectivity index (χ4n) is 5.90. The predicted molar refractivity (Wildman–Crippen MR) is 172 cm³/mol. The Kier molecular flexibility index (Phi) is 13.1. The Hall–Kier alpha value is -3.47. The van der Waals surface area contributed by atoms with Gasteiger partial charge in [-0.15, -0.1) is 0 Å². The van der Waals surface area contributed by atoms with E-state index in [0.29, 0.717) is 12.0 Å². The van der Waals surface area contributed by atoms with E-state index >= 15 is 0 Å². The summed E-state index contributed by atoms with van der Waals surface area (Å²) in [6.45, 7) is -0.754. The highest BCUT2D eigenvalue weighted by Gasteiger charge is 2.55. The molecule has 0 spiro atoms. The molecule has 0 bridgehead atoms. The quantitative estimate of drug-likeness (QED) is 0.0589. The number of benzene rings is 2. The molecule has 0 amide bonds. The number of carbonyl (C=O) groups is 1. The fourth-order valence-corrected chi connectivity index (χ4v) is 5.90. The number of aliphatic hydroxyl groups is 7. The third-order valence-corrected chi connectivity index (χ3v) is 9.01. The predicted octanol–water partition coefficient (Wildman–Crippen LogP) is -2.26. The first-order valence-electron chi connectivity index (χ1n) is 16.4. The van der Waals surface area contributed by atoms with Crippen molar-refractivity contribution in [3.63, 3.8) is 0 Å². The van der Waals surface area contributed by atoms with E-state index in [9.17, 15) is 55.9 Å². The normalized spacial score (nSPS) is 36.6. The summed E-state index contributed by atoms with van der Waals surface area (Å²) in [6, 6.07) is 10.1. The standard InChI is InChI=1S/C34H44O18/c1-16-24(41)28(51-33-30(44)34(45,14-36)15-47-33)25(42)32(48-16)52-29-26(43)31(46-11-10-17-2-6-19(37)7-3-17)49-22(13-35)27(29)50-23(40)9-5-18-4-8-20(38)21(39)12-18/h2-9,12,16,22,24-33,35-39,41-45H,10-11,13-15H2,1H3/b9-5+/t16-,22+,24-,25+,26+,27+,28+,29+,30-,31+,32-,33-,34+/m0/s1. The Morgan fingerprint density at radius 2 is 1.56 bits per heavy atom. The lowest BCUT2D eigenvalue weighted by atomic mass is 9.96. The summed E-state index contributed by atoms with van der Waals surface area (Å²) in [5.74, 6) is -1.75. The summed E-state index contributed by atoms with van der Waals surface area (Å²) >= 11 is 0. The lowest BCUT2D eigenvalue weighted by Gasteiger charge is -2.47. The fraction of sp³-hybridized carbons (Fsp3) is 0.559. The molecular weight excluding hydrogens is 696 g/mol. The van der Waals surface area contributed by atoms with E-state index in [0.717, 1.165) is 11.6 Å². The highest BCUT2D eigenvalue weighted by Crippen LogP contribution is 2.34. The number of aliphatic hydroxyl groups excluding tert-OH is 6. The van der Waals surface area contributed by atoms with Crippen molar-refractivity contribution in [3.05, 3.63) is 59.7 Å². The molecule has 0 aromatic heterocycles. The molecule has 13 atom stereocenters. The van der Waals surface area contributed by atoms with Gasteiger partial charge in [0.25, 0.3) is 0 Å². The van der Waals surface area contributed by atoms with Crippen LogP contribution in [0.2, 0.25) is 0 Å². The smallest absolute Gasteiger partial charge is 0.331 e. The minimum absolute atomic E-state index is 0.0182. The first kappa shape index (κ1) is 39.7. The Bertz CT molecular complexity index is 1510. The van der Waals surface area contributed by atoms with Crippen LogP contribution in [0.25, 0.3) is 6.08 Å². The molecular formula is C34H44O18. The molecule has 3 aliphatic heterocycles. The van der Waals surface area contributed by atoms with E-state index in [2.05, 4.69) is 0 Å². The van der Waals surface area contributed by atoms with Crippen LogP contribution in [0.15, 0.2) is 48.5 Å². The van der Waals surface area contributed by atoms with Crippen molar-refractivity contribution in [3.8, 4) is 17.2 Å². The molecule has 5 rings (SSSR count). The molecule has 3 heterocycles. The minimum Gasteiger partial charge on any atom is -0.508 e. The van der Waals surface area contributed by atoms with Crippen LogP contribution in [-0.2, 0) is 44.4 Å². The van der Waals surface area contributed by atoms with Gasteiger partial charge in [0.15, 0.2) is 36.5 Å².